The van der Waals surface area contributed by atoms with E-state index in [4.69, 9.17) is 16.3 Å². The van der Waals surface area contributed by atoms with Crippen LogP contribution in [0.3, 0.4) is 0 Å². The summed E-state index contributed by atoms with van der Waals surface area (Å²) in [5.74, 6) is 0.734. The molecule has 3 rings (SSSR count). The maximum absolute atomic E-state index is 6.09. The highest BCUT2D eigenvalue weighted by molar-refractivity contribution is 9.10. The highest BCUT2D eigenvalue weighted by Gasteiger charge is 2.10. The number of nitrogens with one attached hydrogen (secondary N) is 2. The van der Waals surface area contributed by atoms with Gasteiger partial charge in [-0.05, 0) is 45.8 Å². The lowest BCUT2D eigenvalue weighted by atomic mass is 10.2. The van der Waals surface area contributed by atoms with Gasteiger partial charge in [-0.2, -0.15) is 0 Å². The molecule has 2 aromatic heterocycles. The van der Waals surface area contributed by atoms with Crippen LogP contribution in [0.2, 0.25) is 5.02 Å². The summed E-state index contributed by atoms with van der Waals surface area (Å²) in [7, 11) is 1.63. The lowest BCUT2D eigenvalue weighted by Crippen LogP contribution is -2.01. The van der Waals surface area contributed by atoms with Crippen molar-refractivity contribution in [2.24, 2.45) is 0 Å². The number of rotatable bonds is 4. The number of aromatic amines is 1. The van der Waals surface area contributed by atoms with Crippen molar-refractivity contribution in [3.05, 3.63) is 51.7 Å². The summed E-state index contributed by atoms with van der Waals surface area (Å²) >= 11 is 9.54. The van der Waals surface area contributed by atoms with Gasteiger partial charge < -0.3 is 15.0 Å². The Balaban J connectivity index is 1.88. The van der Waals surface area contributed by atoms with Crippen LogP contribution in [0.5, 0.6) is 5.75 Å². The molecule has 0 atom stereocenters. The Labute approximate surface area is 135 Å². The van der Waals surface area contributed by atoms with Crippen LogP contribution in [0.25, 0.3) is 11.0 Å². The van der Waals surface area contributed by atoms with Crippen LogP contribution in [0, 0.1) is 0 Å². The van der Waals surface area contributed by atoms with Gasteiger partial charge in [-0.3, -0.25) is 0 Å². The topological polar surface area (TPSA) is 49.9 Å². The summed E-state index contributed by atoms with van der Waals surface area (Å²) in [6.07, 6.45) is 3.73. The van der Waals surface area contributed by atoms with Crippen molar-refractivity contribution in [1.29, 1.82) is 0 Å². The van der Waals surface area contributed by atoms with Crippen molar-refractivity contribution in [3.63, 3.8) is 0 Å². The van der Waals surface area contributed by atoms with Gasteiger partial charge in [-0.25, -0.2) is 4.98 Å². The van der Waals surface area contributed by atoms with Crippen molar-refractivity contribution < 1.29 is 4.74 Å². The molecule has 0 saturated carbocycles. The van der Waals surface area contributed by atoms with E-state index in [9.17, 15) is 0 Å². The van der Waals surface area contributed by atoms with Crippen LogP contribution in [0.1, 0.15) is 5.56 Å². The molecule has 108 valence electrons. The van der Waals surface area contributed by atoms with Gasteiger partial charge >= 0.3 is 0 Å². The van der Waals surface area contributed by atoms with E-state index in [1.165, 1.54) is 0 Å². The van der Waals surface area contributed by atoms with Gasteiger partial charge in [-0.15, -0.1) is 0 Å². The summed E-state index contributed by atoms with van der Waals surface area (Å²) < 4.78 is 6.22. The molecule has 0 radical (unpaired) electrons. The molecule has 0 fully saturated rings. The minimum atomic E-state index is 0.644. The number of ether oxygens (including phenoxy) is 1. The van der Waals surface area contributed by atoms with Gasteiger partial charge in [-0.1, -0.05) is 11.6 Å². The Hall–Kier alpha value is -1.72. The van der Waals surface area contributed by atoms with E-state index < -0.39 is 0 Å². The van der Waals surface area contributed by atoms with Crippen molar-refractivity contribution in [2.75, 3.05) is 12.4 Å². The van der Waals surface area contributed by atoms with Crippen molar-refractivity contribution in [1.82, 2.24) is 9.97 Å². The maximum Gasteiger partial charge on any atom is 0.156 e. The first-order valence-electron chi connectivity index (χ1n) is 6.37. The van der Waals surface area contributed by atoms with Gasteiger partial charge in [0.05, 0.1) is 17.3 Å². The third-order valence-electron chi connectivity index (χ3n) is 3.22. The van der Waals surface area contributed by atoms with Crippen LogP contribution in [-0.2, 0) is 6.54 Å². The summed E-state index contributed by atoms with van der Waals surface area (Å²) in [5, 5.41) is 5.10. The van der Waals surface area contributed by atoms with Gasteiger partial charge in [0.25, 0.3) is 0 Å². The molecule has 2 N–H and O–H groups in total. The second kappa shape index (κ2) is 5.95. The van der Waals surface area contributed by atoms with E-state index in [0.29, 0.717) is 11.6 Å². The van der Waals surface area contributed by atoms with E-state index in [1.807, 2.05) is 24.4 Å². The Kier molecular flexibility index (Phi) is 4.03. The Morgan fingerprint density at radius 3 is 3.10 bits per heavy atom. The molecular weight excluding hydrogens is 354 g/mol. The number of benzene rings is 1. The fourth-order valence-electron chi connectivity index (χ4n) is 2.25. The third kappa shape index (κ3) is 2.84. The van der Waals surface area contributed by atoms with Crippen LogP contribution in [0.15, 0.2) is 41.1 Å². The highest BCUT2D eigenvalue weighted by Crippen LogP contribution is 2.36. The average molecular weight is 367 g/mol. The number of H-pyrrole nitrogens is 1. The molecule has 4 nitrogen and oxygen atoms in total. The van der Waals surface area contributed by atoms with E-state index in [-0.39, 0.29) is 0 Å². The predicted octanol–water partition coefficient (Wildman–Crippen LogP) is 4.60. The number of fused-ring (bicyclic) bond motifs is 1. The standard InChI is InChI=1S/C15H13BrClN3O/c1-21-14-12(16)5-10(17)6-13(14)19-7-9-8-20-15-11(9)3-2-4-18-15/h2-6,8,19H,7H2,1H3,(H,18,20). The van der Waals surface area contributed by atoms with Gasteiger partial charge in [0.2, 0.25) is 0 Å². The van der Waals surface area contributed by atoms with Gasteiger partial charge in [0.1, 0.15) is 5.65 Å². The van der Waals surface area contributed by atoms with Crippen LogP contribution in [0.4, 0.5) is 5.69 Å². The molecule has 1 aromatic carbocycles. The average Bonchev–Trinajstić information content (AvgIpc) is 2.88. The number of hydrogen-bond acceptors (Lipinski definition) is 3. The molecule has 0 saturated heterocycles. The number of nitrogens with zero attached hydrogens (tertiary/aromatic N) is 1. The molecule has 0 bridgehead atoms. The van der Waals surface area contributed by atoms with Crippen molar-refractivity contribution in [2.45, 2.75) is 6.54 Å². The highest BCUT2D eigenvalue weighted by atomic mass is 79.9. The number of halogens is 2. The summed E-state index contributed by atoms with van der Waals surface area (Å²) in [5.41, 5.74) is 2.86. The third-order valence-corrected chi connectivity index (χ3v) is 4.03. The van der Waals surface area contributed by atoms with E-state index in [0.717, 1.165) is 32.5 Å². The maximum atomic E-state index is 6.09. The Morgan fingerprint density at radius 2 is 2.29 bits per heavy atom. The molecular formula is C15H13BrClN3O. The second-order valence-electron chi connectivity index (χ2n) is 4.54. The first-order chi connectivity index (χ1) is 10.2. The number of anilines is 1. The summed E-state index contributed by atoms with van der Waals surface area (Å²) in [6, 6.07) is 7.62. The van der Waals surface area contributed by atoms with Crippen LogP contribution < -0.4 is 10.1 Å². The zero-order chi connectivity index (χ0) is 14.8. The quantitative estimate of drug-likeness (QED) is 0.709. The van der Waals surface area contributed by atoms with E-state index >= 15 is 0 Å². The van der Waals surface area contributed by atoms with Crippen LogP contribution >= 0.6 is 27.5 Å². The van der Waals surface area contributed by atoms with Gasteiger partial charge in [0, 0.05) is 29.3 Å². The lowest BCUT2D eigenvalue weighted by molar-refractivity contribution is 0.414. The fourth-order valence-corrected chi connectivity index (χ4v) is 3.22. The summed E-state index contributed by atoms with van der Waals surface area (Å²) in [6.45, 7) is 0.648. The predicted molar refractivity (Wildman–Crippen MR) is 89.1 cm³/mol. The molecule has 0 unspecified atom stereocenters. The first kappa shape index (κ1) is 14.2. The second-order valence-corrected chi connectivity index (χ2v) is 5.83. The number of hydrogen-bond donors (Lipinski definition) is 2. The monoisotopic (exact) mass is 365 g/mol. The fraction of sp³-hybridized carbons (Fsp3) is 0.133. The minimum Gasteiger partial charge on any atom is -0.493 e. The SMILES string of the molecule is COc1c(Br)cc(Cl)cc1NCc1c[nH]c2ncccc12. The zero-order valence-electron chi connectivity index (χ0n) is 11.3. The molecule has 0 aliphatic rings. The Morgan fingerprint density at radius 1 is 1.43 bits per heavy atom. The summed E-state index contributed by atoms with van der Waals surface area (Å²) in [4.78, 5) is 7.44. The van der Waals surface area contributed by atoms with Gasteiger partial charge in [0.15, 0.2) is 5.75 Å². The molecule has 2 heterocycles. The number of pyridine rings is 1. The number of methoxy groups -OCH3 is 1. The first-order valence-corrected chi connectivity index (χ1v) is 7.54. The molecule has 0 amide bonds. The van der Waals surface area contributed by atoms with Crippen LogP contribution in [-0.4, -0.2) is 17.1 Å². The Bertz CT molecular complexity index is 788. The molecule has 6 heteroatoms. The normalized spacial score (nSPS) is 10.8. The van der Waals surface area contributed by atoms with E-state index in [2.05, 4.69) is 31.2 Å². The molecule has 0 aliphatic carbocycles. The molecule has 0 aliphatic heterocycles. The molecule has 3 aromatic rings. The zero-order valence-corrected chi connectivity index (χ0v) is 13.6. The molecule has 21 heavy (non-hydrogen) atoms. The lowest BCUT2D eigenvalue weighted by Gasteiger charge is -2.13. The van der Waals surface area contributed by atoms with Crippen molar-refractivity contribution in [3.8, 4) is 5.75 Å². The molecule has 0 spiro atoms. The van der Waals surface area contributed by atoms with Crippen molar-refractivity contribution >= 4 is 44.3 Å². The smallest absolute Gasteiger partial charge is 0.156 e. The largest absolute Gasteiger partial charge is 0.493 e. The minimum absolute atomic E-state index is 0.644. The van der Waals surface area contributed by atoms with E-state index in [1.54, 1.807) is 19.4 Å². The number of aromatic nitrogens is 2.